The number of hydrogen-bond acceptors (Lipinski definition) is 5. The molecule has 1 atom stereocenters. The maximum absolute atomic E-state index is 12.7. The largest absolute Gasteiger partial charge is 0.490 e. The topological polar surface area (TPSA) is 48.9 Å². The van der Waals surface area contributed by atoms with E-state index in [0.29, 0.717) is 18.2 Å². The molecule has 3 rings (SSSR count). The number of carbonyl (C=O) groups is 1. The SMILES string of the molecule is C[C@H](Cc1ccccn1)N1CCC(Oc2cccc(C(=O)N(C)CCN(C)C)c2)CC1. The Kier molecular flexibility index (Phi) is 8.43. The molecule has 1 aromatic carbocycles. The van der Waals surface area contributed by atoms with Crippen molar-refractivity contribution < 1.29 is 9.53 Å². The highest BCUT2D eigenvalue weighted by atomic mass is 16.5. The number of aromatic nitrogens is 1. The average molecular weight is 425 g/mol. The van der Waals surface area contributed by atoms with Crippen molar-refractivity contribution in [3.05, 3.63) is 59.9 Å². The number of piperidine rings is 1. The Labute approximate surface area is 186 Å². The lowest BCUT2D eigenvalue weighted by Crippen LogP contribution is -2.43. The minimum atomic E-state index is 0.0328. The smallest absolute Gasteiger partial charge is 0.253 e. The fraction of sp³-hybridized carbons (Fsp3) is 0.520. The van der Waals surface area contributed by atoms with Crippen molar-refractivity contribution in [1.29, 1.82) is 0 Å². The predicted octanol–water partition coefficient (Wildman–Crippen LogP) is 3.19. The zero-order valence-corrected chi connectivity index (χ0v) is 19.3. The van der Waals surface area contributed by atoms with Crippen LogP contribution >= 0.6 is 0 Å². The summed E-state index contributed by atoms with van der Waals surface area (Å²) in [7, 11) is 5.87. The fourth-order valence-electron chi connectivity index (χ4n) is 3.95. The highest BCUT2D eigenvalue weighted by Crippen LogP contribution is 2.22. The van der Waals surface area contributed by atoms with Crippen LogP contribution in [-0.4, -0.2) is 85.1 Å². The van der Waals surface area contributed by atoms with Gasteiger partial charge in [-0.1, -0.05) is 12.1 Å². The highest BCUT2D eigenvalue weighted by molar-refractivity contribution is 5.94. The van der Waals surface area contributed by atoms with Gasteiger partial charge in [-0.25, -0.2) is 0 Å². The number of amides is 1. The molecule has 0 saturated carbocycles. The van der Waals surface area contributed by atoms with Gasteiger partial charge >= 0.3 is 0 Å². The summed E-state index contributed by atoms with van der Waals surface area (Å²) in [6.45, 7) is 5.86. The Morgan fingerprint density at radius 3 is 2.58 bits per heavy atom. The lowest BCUT2D eigenvalue weighted by molar-refractivity contribution is 0.0767. The minimum Gasteiger partial charge on any atom is -0.490 e. The van der Waals surface area contributed by atoms with Gasteiger partial charge in [0.15, 0.2) is 0 Å². The van der Waals surface area contributed by atoms with E-state index >= 15 is 0 Å². The van der Waals surface area contributed by atoms with Gasteiger partial charge in [0.25, 0.3) is 5.91 Å². The van der Waals surface area contributed by atoms with Crippen LogP contribution in [0.25, 0.3) is 0 Å². The molecule has 1 aromatic heterocycles. The first kappa shape index (κ1) is 23.2. The Balaban J connectivity index is 1.49. The first-order valence-electron chi connectivity index (χ1n) is 11.2. The van der Waals surface area contributed by atoms with Gasteiger partial charge in [0.05, 0.1) is 0 Å². The Morgan fingerprint density at radius 2 is 1.90 bits per heavy atom. The van der Waals surface area contributed by atoms with Crippen molar-refractivity contribution >= 4 is 5.91 Å². The Bertz CT molecular complexity index is 819. The molecule has 0 spiro atoms. The highest BCUT2D eigenvalue weighted by Gasteiger charge is 2.24. The van der Waals surface area contributed by atoms with E-state index in [-0.39, 0.29) is 12.0 Å². The lowest BCUT2D eigenvalue weighted by Gasteiger charge is -2.36. The summed E-state index contributed by atoms with van der Waals surface area (Å²) in [4.78, 5) is 23.5. The van der Waals surface area contributed by atoms with Gasteiger partial charge in [-0.05, 0) is 64.2 Å². The first-order chi connectivity index (χ1) is 14.9. The summed E-state index contributed by atoms with van der Waals surface area (Å²) in [5.41, 5.74) is 1.82. The van der Waals surface area contributed by atoms with Crippen LogP contribution in [0, 0.1) is 0 Å². The van der Waals surface area contributed by atoms with E-state index in [0.717, 1.165) is 50.3 Å². The molecule has 0 unspecified atom stereocenters. The number of carbonyl (C=O) groups excluding carboxylic acids is 1. The number of likely N-dealkylation sites (N-methyl/N-ethyl adjacent to an activating group) is 2. The third-order valence-electron chi connectivity index (χ3n) is 5.94. The number of benzene rings is 1. The molecule has 2 heterocycles. The van der Waals surface area contributed by atoms with E-state index < -0.39 is 0 Å². The second-order valence-electron chi connectivity index (χ2n) is 8.79. The van der Waals surface area contributed by atoms with Crippen molar-refractivity contribution in [1.82, 2.24) is 19.7 Å². The monoisotopic (exact) mass is 424 g/mol. The van der Waals surface area contributed by atoms with Gasteiger partial charge in [-0.2, -0.15) is 0 Å². The van der Waals surface area contributed by atoms with Crippen LogP contribution in [0.3, 0.4) is 0 Å². The first-order valence-corrected chi connectivity index (χ1v) is 11.2. The van der Waals surface area contributed by atoms with Gasteiger partial charge in [0.2, 0.25) is 0 Å². The Morgan fingerprint density at radius 1 is 1.13 bits per heavy atom. The number of pyridine rings is 1. The zero-order chi connectivity index (χ0) is 22.2. The van der Waals surface area contributed by atoms with Crippen molar-refractivity contribution in [2.24, 2.45) is 0 Å². The molecule has 31 heavy (non-hydrogen) atoms. The quantitative estimate of drug-likeness (QED) is 0.619. The van der Waals surface area contributed by atoms with Crippen LogP contribution in [0.5, 0.6) is 5.75 Å². The summed E-state index contributed by atoms with van der Waals surface area (Å²) < 4.78 is 6.25. The van der Waals surface area contributed by atoms with Crippen LogP contribution in [0.1, 0.15) is 35.8 Å². The van der Waals surface area contributed by atoms with Crippen LogP contribution in [-0.2, 0) is 6.42 Å². The third kappa shape index (κ3) is 7.04. The van der Waals surface area contributed by atoms with Gasteiger partial charge in [0, 0.05) is 63.1 Å². The lowest BCUT2D eigenvalue weighted by atomic mass is 10.0. The summed E-state index contributed by atoms with van der Waals surface area (Å²) in [5.74, 6) is 0.817. The molecule has 2 aromatic rings. The predicted molar refractivity (Wildman–Crippen MR) is 125 cm³/mol. The molecule has 1 saturated heterocycles. The van der Waals surface area contributed by atoms with E-state index in [1.807, 2.05) is 63.7 Å². The number of ether oxygens (including phenoxy) is 1. The van der Waals surface area contributed by atoms with Crippen LogP contribution in [0.2, 0.25) is 0 Å². The molecule has 6 heteroatoms. The van der Waals surface area contributed by atoms with Crippen molar-refractivity contribution in [3.8, 4) is 5.75 Å². The summed E-state index contributed by atoms with van der Waals surface area (Å²) in [6.07, 6.45) is 5.01. The molecule has 1 aliphatic rings. The van der Waals surface area contributed by atoms with E-state index in [9.17, 15) is 4.79 Å². The number of rotatable bonds is 9. The molecular weight excluding hydrogens is 388 g/mol. The third-order valence-corrected chi connectivity index (χ3v) is 5.94. The summed E-state index contributed by atoms with van der Waals surface area (Å²) >= 11 is 0. The average Bonchev–Trinajstić information content (AvgIpc) is 2.78. The van der Waals surface area contributed by atoms with Gasteiger partial charge in [0.1, 0.15) is 11.9 Å². The van der Waals surface area contributed by atoms with Crippen LogP contribution in [0.15, 0.2) is 48.7 Å². The van der Waals surface area contributed by atoms with Crippen molar-refractivity contribution in [2.75, 3.05) is 47.3 Å². The second kappa shape index (κ2) is 11.3. The molecule has 0 radical (unpaired) electrons. The van der Waals surface area contributed by atoms with Crippen LogP contribution in [0.4, 0.5) is 0 Å². The van der Waals surface area contributed by atoms with E-state index in [2.05, 4.69) is 27.8 Å². The molecule has 1 amide bonds. The minimum absolute atomic E-state index is 0.0328. The Hall–Kier alpha value is -2.44. The van der Waals surface area contributed by atoms with Gasteiger partial charge in [-0.3, -0.25) is 14.7 Å². The second-order valence-corrected chi connectivity index (χ2v) is 8.79. The zero-order valence-electron chi connectivity index (χ0n) is 19.3. The maximum atomic E-state index is 12.7. The van der Waals surface area contributed by atoms with Crippen molar-refractivity contribution in [2.45, 2.75) is 38.3 Å². The van der Waals surface area contributed by atoms with Gasteiger partial charge in [-0.15, -0.1) is 0 Å². The van der Waals surface area contributed by atoms with Crippen molar-refractivity contribution in [3.63, 3.8) is 0 Å². The van der Waals surface area contributed by atoms with Crippen LogP contribution < -0.4 is 4.74 Å². The molecule has 0 N–H and O–H groups in total. The van der Waals surface area contributed by atoms with E-state index in [4.69, 9.17) is 4.74 Å². The maximum Gasteiger partial charge on any atom is 0.253 e. The number of nitrogens with zero attached hydrogens (tertiary/aromatic N) is 4. The summed E-state index contributed by atoms with van der Waals surface area (Å²) in [6, 6.07) is 14.2. The van der Waals surface area contributed by atoms with E-state index in [1.165, 1.54) is 0 Å². The van der Waals surface area contributed by atoms with E-state index in [1.54, 1.807) is 4.90 Å². The molecule has 1 fully saturated rings. The molecule has 0 bridgehead atoms. The molecule has 6 nitrogen and oxygen atoms in total. The normalized spacial score (nSPS) is 16.3. The molecular formula is C25H36N4O2. The molecule has 1 aliphatic heterocycles. The standard InChI is InChI=1S/C25H36N4O2/c1-20(18-22-9-5-6-13-26-22)29-14-11-23(12-15-29)31-24-10-7-8-21(19-24)25(30)28(4)17-16-27(2)3/h5-10,13,19-20,23H,11-12,14-18H2,1-4H3/t20-/m1/s1. The number of hydrogen-bond donors (Lipinski definition) is 0. The van der Waals surface area contributed by atoms with Gasteiger partial charge < -0.3 is 14.5 Å². The summed E-state index contributed by atoms with van der Waals surface area (Å²) in [5, 5.41) is 0. The molecule has 0 aliphatic carbocycles. The fourth-order valence-corrected chi connectivity index (χ4v) is 3.95. The number of likely N-dealkylation sites (tertiary alicyclic amines) is 1. The molecule has 168 valence electrons.